The third-order valence-corrected chi connectivity index (χ3v) is 5.99. The van der Waals surface area contributed by atoms with E-state index in [-0.39, 0.29) is 23.4 Å². The van der Waals surface area contributed by atoms with Gasteiger partial charge in [-0.15, -0.1) is 0 Å². The number of amides is 1. The van der Waals surface area contributed by atoms with Crippen molar-refractivity contribution in [3.05, 3.63) is 41.8 Å². The predicted molar refractivity (Wildman–Crippen MR) is 137 cm³/mol. The van der Waals surface area contributed by atoms with Gasteiger partial charge in [-0.25, -0.2) is 14.2 Å². The van der Waals surface area contributed by atoms with Gasteiger partial charge < -0.3 is 20.3 Å². The van der Waals surface area contributed by atoms with Crippen LogP contribution in [0.4, 0.5) is 26.6 Å². The van der Waals surface area contributed by atoms with Crippen molar-refractivity contribution in [3.63, 3.8) is 0 Å². The molecular weight excluding hydrogens is 461 g/mol. The molecule has 1 atom stereocenters. The topological polar surface area (TPSA) is 96.5 Å². The van der Waals surface area contributed by atoms with E-state index in [0.717, 1.165) is 12.8 Å². The number of ketones is 1. The Hall–Kier alpha value is -3.67. The lowest BCUT2D eigenvalue weighted by molar-refractivity contribution is -0.125. The van der Waals surface area contributed by atoms with Crippen LogP contribution >= 0.6 is 0 Å². The Morgan fingerprint density at radius 3 is 2.53 bits per heavy atom. The Bertz CT molecular complexity index is 1140. The van der Waals surface area contributed by atoms with Gasteiger partial charge in [0.15, 0.2) is 5.78 Å². The number of hydrogen-bond donors (Lipinski definition) is 2. The van der Waals surface area contributed by atoms with Crippen LogP contribution < -0.4 is 10.6 Å². The molecule has 2 aromatic rings. The van der Waals surface area contributed by atoms with Crippen molar-refractivity contribution in [2.24, 2.45) is 11.8 Å². The Labute approximate surface area is 212 Å². The highest BCUT2D eigenvalue weighted by molar-refractivity contribution is 5.87. The summed E-state index contributed by atoms with van der Waals surface area (Å²) in [7, 11) is 3.35. The van der Waals surface area contributed by atoms with E-state index in [4.69, 9.17) is 4.74 Å². The molecule has 9 heteroatoms. The number of anilines is 3. The molecule has 1 aliphatic rings. The SMILES string of the molecule is CNc1nc(Nc2ccc(F)cc2)ncc1C#CC1CC(CC(=O)[C@H](C)N(C)C(=O)OC(C)(C)C)C1. The molecule has 0 spiro atoms. The molecule has 3 rings (SSSR count). The lowest BCUT2D eigenvalue weighted by Gasteiger charge is -2.33. The summed E-state index contributed by atoms with van der Waals surface area (Å²) in [6.45, 7) is 7.12. The van der Waals surface area contributed by atoms with Crippen LogP contribution in [0, 0.1) is 29.5 Å². The molecule has 1 amide bonds. The van der Waals surface area contributed by atoms with Crippen molar-refractivity contribution in [2.75, 3.05) is 24.7 Å². The number of likely N-dealkylation sites (N-methyl/N-ethyl adjacent to an activating group) is 1. The van der Waals surface area contributed by atoms with Gasteiger partial charge in [0.05, 0.1) is 17.8 Å². The third kappa shape index (κ3) is 7.41. The molecule has 1 heterocycles. The van der Waals surface area contributed by atoms with E-state index in [1.54, 1.807) is 60.1 Å². The van der Waals surface area contributed by atoms with Gasteiger partial charge in [-0.3, -0.25) is 4.79 Å². The fourth-order valence-corrected chi connectivity index (χ4v) is 3.75. The number of rotatable bonds is 7. The number of halogens is 1. The summed E-state index contributed by atoms with van der Waals surface area (Å²) in [5.74, 6) is 7.54. The molecule has 1 saturated carbocycles. The summed E-state index contributed by atoms with van der Waals surface area (Å²) in [4.78, 5) is 35.0. The largest absolute Gasteiger partial charge is 0.444 e. The van der Waals surface area contributed by atoms with Crippen LogP contribution in [-0.2, 0) is 9.53 Å². The summed E-state index contributed by atoms with van der Waals surface area (Å²) in [5.41, 5.74) is 0.749. The van der Waals surface area contributed by atoms with Crippen LogP contribution in [0.2, 0.25) is 0 Å². The maximum absolute atomic E-state index is 13.1. The quantitative estimate of drug-likeness (QED) is 0.522. The second-order valence-electron chi connectivity index (χ2n) is 10.1. The fourth-order valence-electron chi connectivity index (χ4n) is 3.75. The molecule has 1 aliphatic carbocycles. The molecule has 0 bridgehead atoms. The Kier molecular flexibility index (Phi) is 8.51. The van der Waals surface area contributed by atoms with E-state index in [9.17, 15) is 14.0 Å². The van der Waals surface area contributed by atoms with Crippen LogP contribution in [-0.4, -0.2) is 52.5 Å². The van der Waals surface area contributed by atoms with E-state index in [2.05, 4.69) is 32.4 Å². The zero-order valence-electron chi connectivity index (χ0n) is 21.7. The third-order valence-electron chi connectivity index (χ3n) is 5.99. The molecule has 0 unspecified atom stereocenters. The standard InChI is InChI=1S/C27H34FN5O3/c1-17(33(6)26(35)36-27(2,3)4)23(34)15-19-13-18(14-19)7-8-20-16-30-25(32-24(20)29-5)31-22-11-9-21(28)10-12-22/h9-12,16-19H,13-15H2,1-6H3,(H2,29,30,31,32)/t17-,18?,19?/m0/s1. The zero-order valence-corrected chi connectivity index (χ0v) is 21.7. The highest BCUT2D eigenvalue weighted by atomic mass is 19.1. The first-order valence-corrected chi connectivity index (χ1v) is 12.0. The molecule has 1 aromatic carbocycles. The maximum Gasteiger partial charge on any atom is 0.410 e. The molecule has 2 N–H and O–H groups in total. The molecule has 0 radical (unpaired) electrons. The normalized spacial score (nSPS) is 17.6. The lowest BCUT2D eigenvalue weighted by atomic mass is 9.72. The van der Waals surface area contributed by atoms with Gasteiger partial charge in [-0.05, 0) is 70.7 Å². The van der Waals surface area contributed by atoms with Gasteiger partial charge in [-0.2, -0.15) is 4.98 Å². The van der Waals surface area contributed by atoms with Crippen LogP contribution in [0.1, 0.15) is 52.5 Å². The summed E-state index contributed by atoms with van der Waals surface area (Å²) in [6, 6.07) is 5.41. The smallest absolute Gasteiger partial charge is 0.410 e. The fraction of sp³-hybridized carbons (Fsp3) is 0.481. The van der Waals surface area contributed by atoms with Crippen LogP contribution in [0.5, 0.6) is 0 Å². The highest BCUT2D eigenvalue weighted by Gasteiger charge is 2.33. The molecule has 1 fully saturated rings. The molecule has 0 saturated heterocycles. The maximum atomic E-state index is 13.1. The minimum atomic E-state index is -0.606. The number of nitrogens with zero attached hydrogens (tertiary/aromatic N) is 3. The van der Waals surface area contributed by atoms with Crippen molar-refractivity contribution in [1.29, 1.82) is 0 Å². The van der Waals surface area contributed by atoms with Crippen molar-refractivity contribution in [3.8, 4) is 11.8 Å². The number of carbonyl (C=O) groups is 2. The number of aromatic nitrogens is 2. The van der Waals surface area contributed by atoms with Gasteiger partial charge in [-0.1, -0.05) is 11.8 Å². The van der Waals surface area contributed by atoms with Gasteiger partial charge in [0, 0.05) is 32.1 Å². The molecule has 192 valence electrons. The van der Waals surface area contributed by atoms with E-state index in [0.29, 0.717) is 29.4 Å². The van der Waals surface area contributed by atoms with Crippen molar-refractivity contribution < 1.29 is 18.7 Å². The second kappa shape index (κ2) is 11.4. The number of carbonyl (C=O) groups excluding carboxylic acids is 2. The Balaban J connectivity index is 1.51. The van der Waals surface area contributed by atoms with Crippen LogP contribution in [0.3, 0.4) is 0 Å². The minimum absolute atomic E-state index is 0.0230. The molecule has 36 heavy (non-hydrogen) atoms. The summed E-state index contributed by atoms with van der Waals surface area (Å²) < 4.78 is 18.4. The summed E-state index contributed by atoms with van der Waals surface area (Å²) >= 11 is 0. The zero-order chi connectivity index (χ0) is 26.5. The molecule has 0 aliphatic heterocycles. The Morgan fingerprint density at radius 2 is 1.92 bits per heavy atom. The second-order valence-corrected chi connectivity index (χ2v) is 10.1. The van der Waals surface area contributed by atoms with E-state index in [1.807, 2.05) is 0 Å². The van der Waals surface area contributed by atoms with Gasteiger partial charge in [0.2, 0.25) is 5.95 Å². The Morgan fingerprint density at radius 1 is 1.25 bits per heavy atom. The first-order valence-electron chi connectivity index (χ1n) is 12.0. The average Bonchev–Trinajstić information content (AvgIpc) is 2.80. The minimum Gasteiger partial charge on any atom is -0.444 e. The summed E-state index contributed by atoms with van der Waals surface area (Å²) in [5, 5.41) is 6.07. The number of ether oxygens (including phenoxy) is 1. The van der Waals surface area contributed by atoms with Crippen molar-refractivity contribution >= 4 is 29.3 Å². The number of hydrogen-bond acceptors (Lipinski definition) is 7. The van der Waals surface area contributed by atoms with Crippen LogP contribution in [0.25, 0.3) is 0 Å². The summed E-state index contributed by atoms with van der Waals surface area (Å²) in [6.07, 6.45) is 3.23. The van der Waals surface area contributed by atoms with E-state index in [1.165, 1.54) is 17.0 Å². The van der Waals surface area contributed by atoms with Crippen molar-refractivity contribution in [1.82, 2.24) is 14.9 Å². The van der Waals surface area contributed by atoms with Gasteiger partial charge in [0.25, 0.3) is 0 Å². The molecule has 1 aromatic heterocycles. The number of benzene rings is 1. The average molecular weight is 496 g/mol. The predicted octanol–water partition coefficient (Wildman–Crippen LogP) is 4.99. The number of Topliss-reactive ketones (excluding diaryl/α,β-unsaturated/α-hetero) is 1. The first kappa shape index (κ1) is 26.9. The van der Waals surface area contributed by atoms with E-state index >= 15 is 0 Å². The van der Waals surface area contributed by atoms with Crippen molar-refractivity contribution in [2.45, 2.75) is 58.6 Å². The molecule has 8 nitrogen and oxygen atoms in total. The monoisotopic (exact) mass is 495 g/mol. The molecular formula is C27H34FN5O3. The highest BCUT2D eigenvalue weighted by Crippen LogP contribution is 2.36. The van der Waals surface area contributed by atoms with E-state index < -0.39 is 17.7 Å². The first-order chi connectivity index (χ1) is 16.9. The van der Waals surface area contributed by atoms with Crippen LogP contribution in [0.15, 0.2) is 30.5 Å². The number of nitrogens with one attached hydrogen (secondary N) is 2. The van der Waals surface area contributed by atoms with Gasteiger partial charge >= 0.3 is 6.09 Å². The lowest BCUT2D eigenvalue weighted by Crippen LogP contribution is -2.44. The van der Waals surface area contributed by atoms with Gasteiger partial charge in [0.1, 0.15) is 17.2 Å².